The fourth-order valence-electron chi connectivity index (χ4n) is 3.36. The van der Waals surface area contributed by atoms with Crippen molar-refractivity contribution in [3.05, 3.63) is 39.9 Å². The Labute approximate surface area is 164 Å². The second-order valence-corrected chi connectivity index (χ2v) is 10.0. The van der Waals surface area contributed by atoms with Crippen LogP contribution in [0.1, 0.15) is 62.6 Å². The van der Waals surface area contributed by atoms with Crippen LogP contribution in [0.5, 0.6) is 0 Å². The predicted molar refractivity (Wildman–Crippen MR) is 113 cm³/mol. The lowest BCUT2D eigenvalue weighted by Gasteiger charge is -2.17. The number of hydrogen-bond donors (Lipinski definition) is 1. The Kier molecular flexibility index (Phi) is 6.25. The second kappa shape index (κ2) is 8.46. The van der Waals surface area contributed by atoms with E-state index in [0.717, 1.165) is 43.8 Å². The van der Waals surface area contributed by atoms with E-state index < -0.39 is 0 Å². The van der Waals surface area contributed by atoms with Crippen LogP contribution in [0.15, 0.2) is 23.0 Å². The first-order valence-corrected chi connectivity index (χ1v) is 10.8. The lowest BCUT2D eigenvalue weighted by atomic mass is 10.1. The van der Waals surface area contributed by atoms with Crippen LogP contribution in [0.25, 0.3) is 10.9 Å². The third-order valence-corrected chi connectivity index (χ3v) is 6.03. The molecule has 146 valence electrons. The van der Waals surface area contributed by atoms with Crippen molar-refractivity contribution in [1.29, 1.82) is 0 Å². The van der Waals surface area contributed by atoms with Crippen LogP contribution < -0.4 is 10.9 Å². The summed E-state index contributed by atoms with van der Waals surface area (Å²) in [6.07, 6.45) is 5.25. The molecule has 0 aliphatic carbocycles. The van der Waals surface area contributed by atoms with Gasteiger partial charge < -0.3 is 5.32 Å². The van der Waals surface area contributed by atoms with Gasteiger partial charge in [0.1, 0.15) is 5.82 Å². The first-order valence-electron chi connectivity index (χ1n) is 9.81. The number of hydrogen-bond acceptors (Lipinski definition) is 4. The van der Waals surface area contributed by atoms with Crippen molar-refractivity contribution < 1.29 is 4.79 Å². The highest BCUT2D eigenvalue weighted by atomic mass is 32.2. The van der Waals surface area contributed by atoms with Crippen LogP contribution in [0.4, 0.5) is 0 Å². The third kappa shape index (κ3) is 5.12. The van der Waals surface area contributed by atoms with Crippen LogP contribution in [-0.2, 0) is 13.0 Å². The molecule has 0 saturated heterocycles. The summed E-state index contributed by atoms with van der Waals surface area (Å²) in [5.41, 5.74) is 1.21. The van der Waals surface area contributed by atoms with Gasteiger partial charge in [-0.3, -0.25) is 14.2 Å². The molecule has 0 atom stereocenters. The zero-order valence-electron chi connectivity index (χ0n) is 16.5. The minimum absolute atomic E-state index is 0.0189. The Morgan fingerprint density at radius 2 is 2.00 bits per heavy atom. The molecule has 1 aliphatic rings. The van der Waals surface area contributed by atoms with E-state index in [4.69, 9.17) is 4.98 Å². The van der Waals surface area contributed by atoms with Crippen molar-refractivity contribution >= 4 is 28.6 Å². The molecule has 1 aliphatic heterocycles. The summed E-state index contributed by atoms with van der Waals surface area (Å²) in [5.74, 6) is 1.61. The third-order valence-electron chi connectivity index (χ3n) is 4.75. The lowest BCUT2D eigenvalue weighted by Crippen LogP contribution is -2.28. The van der Waals surface area contributed by atoms with Crippen molar-refractivity contribution in [3.63, 3.8) is 0 Å². The number of aryl methyl sites for hydroxylation is 1. The summed E-state index contributed by atoms with van der Waals surface area (Å²) in [4.78, 5) is 30.0. The molecular formula is C21H29N3O2S. The van der Waals surface area contributed by atoms with E-state index in [1.807, 2.05) is 16.3 Å². The molecule has 0 radical (unpaired) electrons. The zero-order chi connectivity index (χ0) is 19.4. The Morgan fingerprint density at radius 3 is 2.78 bits per heavy atom. The molecular weight excluding hydrogens is 358 g/mol. The van der Waals surface area contributed by atoms with Crippen LogP contribution in [-0.4, -0.2) is 32.5 Å². The number of aromatic nitrogens is 2. The highest BCUT2D eigenvalue weighted by molar-refractivity contribution is 8.00. The second-order valence-electron chi connectivity index (χ2n) is 8.10. The number of thioether (sulfide) groups is 1. The van der Waals surface area contributed by atoms with Crippen LogP contribution in [0, 0.1) is 0 Å². The maximum atomic E-state index is 12.8. The number of rotatable bonds is 4. The normalized spacial score (nSPS) is 15.1. The van der Waals surface area contributed by atoms with Crippen molar-refractivity contribution in [3.8, 4) is 0 Å². The van der Waals surface area contributed by atoms with Crippen molar-refractivity contribution in [2.24, 2.45) is 0 Å². The van der Waals surface area contributed by atoms with Gasteiger partial charge in [0.25, 0.3) is 11.5 Å². The van der Waals surface area contributed by atoms with E-state index in [1.54, 1.807) is 18.2 Å². The van der Waals surface area contributed by atoms with Crippen LogP contribution in [0.3, 0.4) is 0 Å². The molecule has 6 heteroatoms. The number of nitrogens with zero attached hydrogens (tertiary/aromatic N) is 2. The summed E-state index contributed by atoms with van der Waals surface area (Å²) in [7, 11) is 0. The van der Waals surface area contributed by atoms with Crippen LogP contribution in [0.2, 0.25) is 0 Å². The van der Waals surface area contributed by atoms with E-state index in [-0.39, 0.29) is 16.2 Å². The lowest BCUT2D eigenvalue weighted by molar-refractivity contribution is 0.0956. The average Bonchev–Trinajstić information content (AvgIpc) is 2.59. The first kappa shape index (κ1) is 19.9. The molecule has 2 heterocycles. The summed E-state index contributed by atoms with van der Waals surface area (Å²) < 4.78 is 2.02. The highest BCUT2D eigenvalue weighted by Crippen LogP contribution is 2.22. The van der Waals surface area contributed by atoms with Gasteiger partial charge in [0, 0.05) is 35.6 Å². The fraction of sp³-hybridized carbons (Fsp3) is 0.571. The van der Waals surface area contributed by atoms with Crippen molar-refractivity contribution in [2.75, 3.05) is 12.3 Å². The molecule has 1 aromatic heterocycles. The van der Waals surface area contributed by atoms with Gasteiger partial charge in [-0.25, -0.2) is 4.98 Å². The van der Waals surface area contributed by atoms with E-state index in [9.17, 15) is 9.59 Å². The maximum Gasteiger partial charge on any atom is 0.261 e. The number of amides is 1. The van der Waals surface area contributed by atoms with E-state index in [1.165, 1.54) is 6.42 Å². The van der Waals surface area contributed by atoms with Crippen LogP contribution >= 0.6 is 11.8 Å². The number of nitrogens with one attached hydrogen (secondary N) is 1. The quantitative estimate of drug-likeness (QED) is 0.811. The Balaban J connectivity index is 1.79. The van der Waals surface area contributed by atoms with Gasteiger partial charge >= 0.3 is 0 Å². The Bertz CT molecular complexity index is 883. The number of carbonyl (C=O) groups is 1. The smallest absolute Gasteiger partial charge is 0.261 e. The molecule has 0 fully saturated rings. The van der Waals surface area contributed by atoms with Crippen molar-refractivity contribution in [1.82, 2.24) is 14.9 Å². The largest absolute Gasteiger partial charge is 0.351 e. The monoisotopic (exact) mass is 387 g/mol. The van der Waals surface area contributed by atoms with Gasteiger partial charge in [0.2, 0.25) is 0 Å². The van der Waals surface area contributed by atoms with Gasteiger partial charge in [-0.1, -0.05) is 33.6 Å². The molecule has 3 rings (SSSR count). The van der Waals surface area contributed by atoms with Gasteiger partial charge in [-0.15, -0.1) is 0 Å². The van der Waals surface area contributed by atoms with Gasteiger partial charge in [0.05, 0.1) is 10.9 Å². The zero-order valence-corrected chi connectivity index (χ0v) is 17.3. The fourth-order valence-corrected chi connectivity index (χ4v) is 4.18. The summed E-state index contributed by atoms with van der Waals surface area (Å²) in [6.45, 7) is 7.86. The number of fused-ring (bicyclic) bond motifs is 2. The SMILES string of the molecule is CC(C)(C)SCCNC(=O)c1ccc2c(=O)n3c(nc2c1)CCCCCC3. The molecule has 0 bridgehead atoms. The first-order chi connectivity index (χ1) is 12.8. The number of carbonyl (C=O) groups excluding carboxylic acids is 1. The minimum Gasteiger partial charge on any atom is -0.351 e. The average molecular weight is 388 g/mol. The molecule has 0 spiro atoms. The standard InChI is InChI=1S/C21H29N3O2S/c1-21(2,3)27-13-11-22-19(25)15-9-10-16-17(14-15)23-18-8-6-4-5-7-12-24(18)20(16)26/h9-10,14H,4-8,11-13H2,1-3H3,(H,22,25). The highest BCUT2D eigenvalue weighted by Gasteiger charge is 2.15. The van der Waals surface area contributed by atoms with Gasteiger partial charge in [0.15, 0.2) is 0 Å². The predicted octanol–water partition coefficient (Wildman–Crippen LogP) is 3.77. The molecule has 1 N–H and O–H groups in total. The Hall–Kier alpha value is -1.82. The maximum absolute atomic E-state index is 12.8. The molecule has 5 nitrogen and oxygen atoms in total. The topological polar surface area (TPSA) is 64.0 Å². The van der Waals surface area contributed by atoms with E-state index in [2.05, 4.69) is 26.1 Å². The molecule has 2 aromatic rings. The van der Waals surface area contributed by atoms with Gasteiger partial charge in [-0.2, -0.15) is 11.8 Å². The summed E-state index contributed by atoms with van der Waals surface area (Å²) >= 11 is 1.82. The number of benzene rings is 1. The van der Waals surface area contributed by atoms with E-state index in [0.29, 0.717) is 23.0 Å². The van der Waals surface area contributed by atoms with Crippen molar-refractivity contribution in [2.45, 2.75) is 64.2 Å². The minimum atomic E-state index is -0.111. The summed E-state index contributed by atoms with van der Waals surface area (Å²) in [6, 6.07) is 5.23. The molecule has 1 amide bonds. The molecule has 0 saturated carbocycles. The van der Waals surface area contributed by atoms with Gasteiger partial charge in [-0.05, 0) is 31.0 Å². The summed E-state index contributed by atoms with van der Waals surface area (Å²) in [5, 5.41) is 3.56. The molecule has 27 heavy (non-hydrogen) atoms. The molecule has 0 unspecified atom stereocenters. The Morgan fingerprint density at radius 1 is 1.22 bits per heavy atom. The van der Waals surface area contributed by atoms with E-state index >= 15 is 0 Å². The molecule has 1 aromatic carbocycles.